The smallest absolute Gasteiger partial charge is 0.275 e. The molecule has 0 unspecified atom stereocenters. The lowest BCUT2D eigenvalue weighted by Crippen LogP contribution is -2.24. The van der Waals surface area contributed by atoms with Crippen LogP contribution in [0.4, 0.5) is 0 Å². The molecule has 122 valence electrons. The van der Waals surface area contributed by atoms with Crippen LogP contribution in [0, 0.1) is 0 Å². The van der Waals surface area contributed by atoms with Crippen LogP contribution in [-0.2, 0) is 11.2 Å². The van der Waals surface area contributed by atoms with Crippen LogP contribution in [-0.4, -0.2) is 18.9 Å². The Morgan fingerprint density at radius 3 is 2.58 bits per heavy atom. The molecule has 0 aromatic heterocycles. The van der Waals surface area contributed by atoms with Gasteiger partial charge in [-0.3, -0.25) is 4.79 Å². The normalized spacial score (nSPS) is 15.3. The Bertz CT molecular complexity index is 810. The fourth-order valence-electron chi connectivity index (χ4n) is 2.43. The second-order valence-electron chi connectivity index (χ2n) is 5.41. The zero-order valence-corrected chi connectivity index (χ0v) is 14.0. The number of aliphatic imine (C=N–C) groups is 1. The molecule has 0 atom stereocenters. The number of ether oxygens (including phenoxy) is 1. The molecule has 2 aromatic carbocycles. The Hall–Kier alpha value is -2.59. The molecule has 0 radical (unpaired) electrons. The zero-order chi connectivity index (χ0) is 16.9. The van der Waals surface area contributed by atoms with Gasteiger partial charge in [0.2, 0.25) is 0 Å². The highest BCUT2D eigenvalue weighted by atomic mass is 35.5. The number of rotatable bonds is 5. The van der Waals surface area contributed by atoms with Gasteiger partial charge in [0, 0.05) is 11.4 Å². The monoisotopic (exact) mass is 340 g/mol. The first-order valence-corrected chi connectivity index (χ1v) is 8.01. The number of carbonyl (C=O) groups is 1. The van der Waals surface area contributed by atoms with Gasteiger partial charge in [-0.05, 0) is 41.8 Å². The molecule has 1 heterocycles. The largest absolute Gasteiger partial charge is 0.497 e. The number of hydrogen-bond donors (Lipinski definition) is 1. The van der Waals surface area contributed by atoms with Crippen molar-refractivity contribution >= 4 is 29.4 Å². The van der Waals surface area contributed by atoms with E-state index in [2.05, 4.69) is 10.3 Å². The minimum absolute atomic E-state index is 0.195. The Kier molecular flexibility index (Phi) is 4.96. The van der Waals surface area contributed by atoms with Gasteiger partial charge in [-0.2, -0.15) is 0 Å². The molecule has 0 fully saturated rings. The summed E-state index contributed by atoms with van der Waals surface area (Å²) in [4.78, 5) is 16.4. The molecule has 5 heteroatoms. The molecule has 0 saturated heterocycles. The topological polar surface area (TPSA) is 50.7 Å². The summed E-state index contributed by atoms with van der Waals surface area (Å²) in [7, 11) is 1.64. The van der Waals surface area contributed by atoms with Crippen molar-refractivity contribution in [3.63, 3.8) is 0 Å². The molecular weight excluding hydrogens is 324 g/mol. The lowest BCUT2D eigenvalue weighted by atomic mass is 10.1. The van der Waals surface area contributed by atoms with Crippen LogP contribution >= 0.6 is 11.6 Å². The summed E-state index contributed by atoms with van der Waals surface area (Å²) in [6, 6.07) is 15.2. The van der Waals surface area contributed by atoms with Crippen molar-refractivity contribution in [3.05, 3.63) is 70.4 Å². The lowest BCUT2D eigenvalue weighted by molar-refractivity contribution is -0.115. The van der Waals surface area contributed by atoms with Gasteiger partial charge in [0.25, 0.3) is 5.91 Å². The fraction of sp³-hybridized carbons (Fsp3) is 0.158. The Balaban J connectivity index is 1.69. The molecule has 3 rings (SSSR count). The number of benzene rings is 2. The molecule has 1 amide bonds. The van der Waals surface area contributed by atoms with Crippen LogP contribution in [0.5, 0.6) is 5.75 Å². The van der Waals surface area contributed by atoms with Crippen molar-refractivity contribution < 1.29 is 9.53 Å². The predicted molar refractivity (Wildman–Crippen MR) is 96.3 cm³/mol. The zero-order valence-electron chi connectivity index (χ0n) is 13.3. The SMILES string of the molecule is COc1ccc(CCC2=N/C(=C\c3ccccc3Cl)C(=O)N2)cc1. The molecule has 0 bridgehead atoms. The molecule has 1 aliphatic heterocycles. The fourth-order valence-corrected chi connectivity index (χ4v) is 2.62. The van der Waals surface area contributed by atoms with E-state index in [0.717, 1.165) is 23.3 Å². The third-order valence-corrected chi connectivity index (χ3v) is 4.10. The van der Waals surface area contributed by atoms with Gasteiger partial charge in [-0.25, -0.2) is 4.99 Å². The van der Waals surface area contributed by atoms with E-state index < -0.39 is 0 Å². The van der Waals surface area contributed by atoms with Crippen molar-refractivity contribution in [2.24, 2.45) is 4.99 Å². The summed E-state index contributed by atoms with van der Waals surface area (Å²) >= 11 is 6.12. The summed E-state index contributed by atoms with van der Waals surface area (Å²) in [5, 5.41) is 3.41. The summed E-state index contributed by atoms with van der Waals surface area (Å²) < 4.78 is 5.14. The number of aryl methyl sites for hydroxylation is 1. The van der Waals surface area contributed by atoms with E-state index >= 15 is 0 Å². The van der Waals surface area contributed by atoms with Crippen LogP contribution in [0.25, 0.3) is 6.08 Å². The van der Waals surface area contributed by atoms with Crippen molar-refractivity contribution in [2.45, 2.75) is 12.8 Å². The molecule has 1 N–H and O–H groups in total. The molecule has 4 nitrogen and oxygen atoms in total. The third kappa shape index (κ3) is 3.84. The number of nitrogens with one attached hydrogen (secondary N) is 1. The average molecular weight is 341 g/mol. The summed E-state index contributed by atoms with van der Waals surface area (Å²) in [6.45, 7) is 0. The van der Waals surface area contributed by atoms with Crippen molar-refractivity contribution in [1.29, 1.82) is 0 Å². The second-order valence-corrected chi connectivity index (χ2v) is 5.82. The number of halogens is 1. The molecule has 1 aliphatic rings. The number of amides is 1. The average Bonchev–Trinajstić information content (AvgIpc) is 2.95. The van der Waals surface area contributed by atoms with Crippen LogP contribution in [0.2, 0.25) is 5.02 Å². The van der Waals surface area contributed by atoms with Gasteiger partial charge < -0.3 is 10.1 Å². The van der Waals surface area contributed by atoms with Crippen molar-refractivity contribution in [1.82, 2.24) is 5.32 Å². The lowest BCUT2D eigenvalue weighted by Gasteiger charge is -2.03. The maximum atomic E-state index is 12.0. The van der Waals surface area contributed by atoms with Crippen molar-refractivity contribution in [3.8, 4) is 5.75 Å². The molecule has 0 aliphatic carbocycles. The predicted octanol–water partition coefficient (Wildman–Crippen LogP) is 3.85. The molecule has 24 heavy (non-hydrogen) atoms. The molecule has 0 spiro atoms. The number of hydrogen-bond acceptors (Lipinski definition) is 3. The quantitative estimate of drug-likeness (QED) is 0.840. The number of methoxy groups -OCH3 is 1. The van der Waals surface area contributed by atoms with E-state index in [1.54, 1.807) is 19.3 Å². The van der Waals surface area contributed by atoms with Gasteiger partial charge in [-0.1, -0.05) is 41.9 Å². The molecule has 0 saturated carbocycles. The maximum absolute atomic E-state index is 12.0. The van der Waals surface area contributed by atoms with E-state index in [4.69, 9.17) is 16.3 Å². The maximum Gasteiger partial charge on any atom is 0.275 e. The number of amidine groups is 1. The summed E-state index contributed by atoms with van der Waals surface area (Å²) in [5.41, 5.74) is 2.33. The molecular formula is C19H17ClN2O2. The first kappa shape index (κ1) is 16.3. The van der Waals surface area contributed by atoms with E-state index in [1.165, 1.54) is 0 Å². The van der Waals surface area contributed by atoms with Crippen LogP contribution in [0.3, 0.4) is 0 Å². The Morgan fingerprint density at radius 2 is 1.88 bits per heavy atom. The minimum atomic E-state index is -0.195. The van der Waals surface area contributed by atoms with E-state index in [-0.39, 0.29) is 5.91 Å². The van der Waals surface area contributed by atoms with Crippen LogP contribution in [0.15, 0.2) is 59.2 Å². The summed E-state index contributed by atoms with van der Waals surface area (Å²) in [6.07, 6.45) is 3.17. The van der Waals surface area contributed by atoms with Crippen LogP contribution in [0.1, 0.15) is 17.5 Å². The Morgan fingerprint density at radius 1 is 1.12 bits per heavy atom. The highest BCUT2D eigenvalue weighted by molar-refractivity contribution is 6.32. The number of nitrogens with zero attached hydrogens (tertiary/aromatic N) is 1. The minimum Gasteiger partial charge on any atom is -0.497 e. The Labute approximate surface area is 145 Å². The number of carbonyl (C=O) groups excluding carboxylic acids is 1. The second kappa shape index (κ2) is 7.32. The highest BCUT2D eigenvalue weighted by Gasteiger charge is 2.19. The van der Waals surface area contributed by atoms with Gasteiger partial charge in [0.1, 0.15) is 17.3 Å². The van der Waals surface area contributed by atoms with Gasteiger partial charge >= 0.3 is 0 Å². The first-order valence-electron chi connectivity index (χ1n) is 7.64. The highest BCUT2D eigenvalue weighted by Crippen LogP contribution is 2.20. The van der Waals surface area contributed by atoms with Crippen molar-refractivity contribution in [2.75, 3.05) is 7.11 Å². The van der Waals surface area contributed by atoms with E-state index in [1.807, 2.05) is 42.5 Å². The third-order valence-electron chi connectivity index (χ3n) is 3.75. The van der Waals surface area contributed by atoms with E-state index in [0.29, 0.717) is 23.0 Å². The van der Waals surface area contributed by atoms with Crippen LogP contribution < -0.4 is 10.1 Å². The van der Waals surface area contributed by atoms with E-state index in [9.17, 15) is 4.79 Å². The summed E-state index contributed by atoms with van der Waals surface area (Å²) in [5.74, 6) is 1.31. The van der Waals surface area contributed by atoms with Gasteiger partial charge in [0.05, 0.1) is 7.11 Å². The standard InChI is InChI=1S/C19H17ClN2O2/c1-24-15-9-6-13(7-10-15)8-11-18-21-17(19(23)22-18)12-14-4-2-3-5-16(14)20/h2-7,9-10,12H,8,11H2,1H3,(H,21,22,23)/b17-12-. The van der Waals surface area contributed by atoms with Gasteiger partial charge in [-0.15, -0.1) is 0 Å². The van der Waals surface area contributed by atoms with Gasteiger partial charge in [0.15, 0.2) is 0 Å². The first-order chi connectivity index (χ1) is 11.7. The molecule has 2 aromatic rings.